The zero-order valence-corrected chi connectivity index (χ0v) is 14.1. The van der Waals surface area contributed by atoms with Crippen molar-refractivity contribution in [3.8, 4) is 0 Å². The Hall–Kier alpha value is -0.570. The summed E-state index contributed by atoms with van der Waals surface area (Å²) in [6.45, 7) is 6.42. The van der Waals surface area contributed by atoms with Gasteiger partial charge in [0, 0.05) is 0 Å². The SMILES string of the molecule is CCCCCCCCc1ccccc1C(C)(C)Cl.N.O. The summed E-state index contributed by atoms with van der Waals surface area (Å²) in [5, 5.41) is 0. The minimum absolute atomic E-state index is 0. The number of aryl methyl sites for hydroxylation is 1. The number of unbranched alkanes of at least 4 members (excludes halogenated alkanes) is 5. The molecule has 0 radical (unpaired) electrons. The van der Waals surface area contributed by atoms with Crippen LogP contribution in [0, 0.1) is 0 Å². The van der Waals surface area contributed by atoms with E-state index in [0.717, 1.165) is 0 Å². The quantitative estimate of drug-likeness (QED) is 0.507. The first-order chi connectivity index (χ1) is 8.55. The van der Waals surface area contributed by atoms with Gasteiger partial charge in [-0.05, 0) is 37.8 Å². The maximum absolute atomic E-state index is 6.45. The molecule has 2 nitrogen and oxygen atoms in total. The highest BCUT2D eigenvalue weighted by molar-refractivity contribution is 6.23. The number of rotatable bonds is 8. The van der Waals surface area contributed by atoms with Crippen LogP contribution in [0.15, 0.2) is 24.3 Å². The Balaban J connectivity index is 0. The van der Waals surface area contributed by atoms with Crippen LogP contribution >= 0.6 is 11.6 Å². The lowest BCUT2D eigenvalue weighted by Crippen LogP contribution is -2.10. The largest absolute Gasteiger partial charge is 0.412 e. The topological polar surface area (TPSA) is 66.5 Å². The highest BCUT2D eigenvalue weighted by atomic mass is 35.5. The van der Waals surface area contributed by atoms with Gasteiger partial charge in [-0.25, -0.2) is 0 Å². The Morgan fingerprint density at radius 2 is 1.50 bits per heavy atom. The summed E-state index contributed by atoms with van der Waals surface area (Å²) in [5.41, 5.74) is 2.72. The van der Waals surface area contributed by atoms with E-state index in [4.69, 9.17) is 11.6 Å². The first kappa shape index (κ1) is 21.7. The van der Waals surface area contributed by atoms with Crippen molar-refractivity contribution >= 4 is 11.6 Å². The van der Waals surface area contributed by atoms with Crippen molar-refractivity contribution < 1.29 is 5.48 Å². The van der Waals surface area contributed by atoms with Crippen LogP contribution in [0.2, 0.25) is 0 Å². The van der Waals surface area contributed by atoms with Gasteiger partial charge >= 0.3 is 0 Å². The summed E-state index contributed by atoms with van der Waals surface area (Å²) in [4.78, 5) is -0.251. The predicted molar refractivity (Wildman–Crippen MR) is 91.0 cm³/mol. The second kappa shape index (κ2) is 11.1. The van der Waals surface area contributed by atoms with E-state index in [1.165, 1.54) is 56.1 Å². The molecule has 0 saturated heterocycles. The summed E-state index contributed by atoms with van der Waals surface area (Å²) in [7, 11) is 0. The minimum Gasteiger partial charge on any atom is -0.412 e. The zero-order valence-electron chi connectivity index (χ0n) is 13.3. The smallest absolute Gasteiger partial charge is 0.0641 e. The molecule has 0 spiro atoms. The van der Waals surface area contributed by atoms with Gasteiger partial charge in [-0.1, -0.05) is 63.3 Å². The van der Waals surface area contributed by atoms with Crippen molar-refractivity contribution in [2.24, 2.45) is 0 Å². The van der Waals surface area contributed by atoms with Gasteiger partial charge in [0.05, 0.1) is 4.87 Å². The molecule has 118 valence electrons. The van der Waals surface area contributed by atoms with Crippen LogP contribution in [0.1, 0.15) is 70.4 Å². The van der Waals surface area contributed by atoms with Crippen LogP contribution in [0.3, 0.4) is 0 Å². The van der Waals surface area contributed by atoms with E-state index in [-0.39, 0.29) is 16.5 Å². The maximum Gasteiger partial charge on any atom is 0.0641 e. The van der Waals surface area contributed by atoms with Gasteiger partial charge in [0.15, 0.2) is 0 Å². The van der Waals surface area contributed by atoms with Crippen molar-refractivity contribution in [3.05, 3.63) is 35.4 Å². The van der Waals surface area contributed by atoms with Gasteiger partial charge < -0.3 is 11.6 Å². The van der Waals surface area contributed by atoms with Crippen molar-refractivity contribution in [2.45, 2.75) is 70.6 Å². The van der Waals surface area contributed by atoms with Gasteiger partial charge in [0.2, 0.25) is 0 Å². The molecule has 0 amide bonds. The fourth-order valence-corrected chi connectivity index (χ4v) is 2.60. The molecule has 0 unspecified atom stereocenters. The van der Waals surface area contributed by atoms with Crippen LogP contribution in [0.25, 0.3) is 0 Å². The van der Waals surface area contributed by atoms with Crippen LogP contribution in [-0.2, 0) is 11.3 Å². The molecule has 0 aliphatic rings. The van der Waals surface area contributed by atoms with Gasteiger partial charge in [-0.15, -0.1) is 11.6 Å². The molecule has 0 aromatic heterocycles. The molecule has 0 bridgehead atoms. The fraction of sp³-hybridized carbons (Fsp3) is 0.647. The molecule has 0 aliphatic heterocycles. The maximum atomic E-state index is 6.45. The third kappa shape index (κ3) is 7.88. The van der Waals surface area contributed by atoms with E-state index in [1.54, 1.807) is 0 Å². The second-order valence-electron chi connectivity index (χ2n) is 5.65. The van der Waals surface area contributed by atoms with Crippen molar-refractivity contribution in [2.75, 3.05) is 0 Å². The number of hydrogen-bond donors (Lipinski definition) is 1. The molecular formula is C17H32ClNO. The predicted octanol–water partition coefficient (Wildman–Crippen LogP) is 5.40. The monoisotopic (exact) mass is 301 g/mol. The van der Waals surface area contributed by atoms with Crippen molar-refractivity contribution in [1.29, 1.82) is 0 Å². The number of hydrogen-bond acceptors (Lipinski definition) is 1. The van der Waals surface area contributed by atoms with Gasteiger partial charge in [0.25, 0.3) is 0 Å². The summed E-state index contributed by atoms with van der Waals surface area (Å²) < 4.78 is 0. The summed E-state index contributed by atoms with van der Waals surface area (Å²) in [6.07, 6.45) is 9.26. The van der Waals surface area contributed by atoms with Crippen molar-refractivity contribution in [1.82, 2.24) is 6.15 Å². The molecule has 1 aromatic rings. The first-order valence-electron chi connectivity index (χ1n) is 7.33. The van der Waals surface area contributed by atoms with E-state index in [0.29, 0.717) is 0 Å². The number of halogens is 1. The Morgan fingerprint density at radius 3 is 2.10 bits per heavy atom. The zero-order chi connectivity index (χ0) is 13.4. The fourth-order valence-electron chi connectivity index (χ4n) is 2.41. The summed E-state index contributed by atoms with van der Waals surface area (Å²) in [5.74, 6) is 0. The summed E-state index contributed by atoms with van der Waals surface area (Å²) >= 11 is 6.45. The average molecular weight is 302 g/mol. The molecule has 5 N–H and O–H groups in total. The molecular weight excluding hydrogens is 270 g/mol. The van der Waals surface area contributed by atoms with Gasteiger partial charge in [0.1, 0.15) is 0 Å². The highest BCUT2D eigenvalue weighted by Crippen LogP contribution is 2.31. The Bertz CT molecular complexity index is 347. The molecule has 3 heteroatoms. The second-order valence-corrected chi connectivity index (χ2v) is 6.59. The first-order valence-corrected chi connectivity index (χ1v) is 7.70. The number of alkyl halides is 1. The molecule has 0 fully saturated rings. The van der Waals surface area contributed by atoms with E-state index in [9.17, 15) is 0 Å². The Labute approximate surface area is 129 Å². The lowest BCUT2D eigenvalue weighted by molar-refractivity contribution is 0.604. The Morgan fingerprint density at radius 1 is 0.950 bits per heavy atom. The average Bonchev–Trinajstić information content (AvgIpc) is 2.33. The van der Waals surface area contributed by atoms with E-state index in [2.05, 4.69) is 45.0 Å². The van der Waals surface area contributed by atoms with Crippen LogP contribution in [0.4, 0.5) is 0 Å². The summed E-state index contributed by atoms with van der Waals surface area (Å²) in [6, 6.07) is 8.60. The molecule has 0 aliphatic carbocycles. The Kier molecular flexibility index (Phi) is 12.1. The number of benzene rings is 1. The van der Waals surface area contributed by atoms with Crippen LogP contribution in [0.5, 0.6) is 0 Å². The normalized spacial score (nSPS) is 10.6. The third-order valence-electron chi connectivity index (χ3n) is 3.46. The minimum atomic E-state index is -0.251. The van der Waals surface area contributed by atoms with E-state index < -0.39 is 0 Å². The van der Waals surface area contributed by atoms with Gasteiger partial charge in [-0.3, -0.25) is 0 Å². The lowest BCUT2D eigenvalue weighted by Gasteiger charge is -2.20. The molecule has 1 rings (SSSR count). The van der Waals surface area contributed by atoms with E-state index >= 15 is 0 Å². The highest BCUT2D eigenvalue weighted by Gasteiger charge is 2.19. The third-order valence-corrected chi connectivity index (χ3v) is 3.66. The lowest BCUT2D eigenvalue weighted by atomic mass is 9.93. The van der Waals surface area contributed by atoms with E-state index in [1.807, 2.05) is 0 Å². The van der Waals surface area contributed by atoms with Gasteiger partial charge in [-0.2, -0.15) is 0 Å². The molecule has 20 heavy (non-hydrogen) atoms. The van der Waals surface area contributed by atoms with Crippen LogP contribution in [-0.4, -0.2) is 5.48 Å². The van der Waals surface area contributed by atoms with Crippen LogP contribution < -0.4 is 6.15 Å². The standard InChI is InChI=1S/C17H27Cl.H3N.H2O/c1-4-5-6-7-8-9-12-15-13-10-11-14-16(15)17(2,3)18;;/h10-11,13-14H,4-9,12H2,1-3H3;1H3;1H2. The molecule has 0 atom stereocenters. The molecule has 0 heterocycles. The molecule has 1 aromatic carbocycles. The van der Waals surface area contributed by atoms with Crippen molar-refractivity contribution in [3.63, 3.8) is 0 Å². The molecule has 0 saturated carbocycles.